The third-order valence-electron chi connectivity index (χ3n) is 2.62. The van der Waals surface area contributed by atoms with E-state index in [9.17, 15) is 4.79 Å². The lowest BCUT2D eigenvalue weighted by Crippen LogP contribution is -2.05. The van der Waals surface area contributed by atoms with Crippen LogP contribution in [-0.4, -0.2) is 11.6 Å². The molecule has 1 aromatic rings. The van der Waals surface area contributed by atoms with Gasteiger partial charge < -0.3 is 4.42 Å². The summed E-state index contributed by atoms with van der Waals surface area (Å²) in [6.45, 7) is 1.97. The van der Waals surface area contributed by atoms with E-state index in [-0.39, 0.29) is 5.54 Å². The molecule has 3 nitrogen and oxygen atoms in total. The number of hydrogen-bond acceptors (Lipinski definition) is 3. The van der Waals surface area contributed by atoms with Crippen molar-refractivity contribution in [2.24, 2.45) is 4.99 Å². The number of nitrogens with zero attached hydrogens (tertiary/aromatic N) is 1. The fourth-order valence-electron chi connectivity index (χ4n) is 1.52. The molecule has 72 valence electrons. The molecule has 2 rings (SSSR count). The first-order valence-electron chi connectivity index (χ1n) is 4.58. The quantitative estimate of drug-likeness (QED) is 0.541. The highest BCUT2D eigenvalue weighted by Crippen LogP contribution is 2.46. The molecule has 1 saturated carbocycles. The SMILES string of the molecule is C/C(=C/c1ccco1)C1(N=C=O)CC1. The summed E-state index contributed by atoms with van der Waals surface area (Å²) in [5.74, 6) is 0.801. The van der Waals surface area contributed by atoms with Gasteiger partial charge in [0.15, 0.2) is 0 Å². The van der Waals surface area contributed by atoms with Crippen LogP contribution < -0.4 is 0 Å². The van der Waals surface area contributed by atoms with Gasteiger partial charge in [-0.15, -0.1) is 0 Å². The molecule has 0 saturated heterocycles. The van der Waals surface area contributed by atoms with Crippen LogP contribution in [0.4, 0.5) is 0 Å². The summed E-state index contributed by atoms with van der Waals surface area (Å²) in [4.78, 5) is 14.1. The molecule has 0 aromatic carbocycles. The molecule has 1 aliphatic carbocycles. The molecule has 1 fully saturated rings. The van der Waals surface area contributed by atoms with E-state index in [2.05, 4.69) is 4.99 Å². The van der Waals surface area contributed by atoms with Gasteiger partial charge in [-0.05, 0) is 43.5 Å². The third kappa shape index (κ3) is 1.54. The van der Waals surface area contributed by atoms with E-state index < -0.39 is 0 Å². The van der Waals surface area contributed by atoms with Gasteiger partial charge in [-0.1, -0.05) is 0 Å². The Balaban J connectivity index is 2.23. The molecular weight excluding hydrogens is 178 g/mol. The van der Waals surface area contributed by atoms with Crippen molar-refractivity contribution < 1.29 is 9.21 Å². The Labute approximate surface area is 82.1 Å². The number of hydrogen-bond donors (Lipinski definition) is 0. The van der Waals surface area contributed by atoms with Crippen molar-refractivity contribution in [2.75, 3.05) is 0 Å². The van der Waals surface area contributed by atoms with E-state index in [1.807, 2.05) is 25.1 Å². The Bertz CT molecular complexity index is 393. The maximum absolute atomic E-state index is 10.2. The minimum atomic E-state index is -0.269. The van der Waals surface area contributed by atoms with Crippen LogP contribution in [0.3, 0.4) is 0 Å². The van der Waals surface area contributed by atoms with Crippen molar-refractivity contribution in [2.45, 2.75) is 25.3 Å². The van der Waals surface area contributed by atoms with Crippen molar-refractivity contribution in [3.8, 4) is 0 Å². The zero-order chi connectivity index (χ0) is 10.0. The highest BCUT2D eigenvalue weighted by atomic mass is 16.3. The Morgan fingerprint density at radius 2 is 2.50 bits per heavy atom. The van der Waals surface area contributed by atoms with Crippen molar-refractivity contribution >= 4 is 12.2 Å². The zero-order valence-corrected chi connectivity index (χ0v) is 7.99. The van der Waals surface area contributed by atoms with Gasteiger partial charge in [-0.25, -0.2) is 4.79 Å². The van der Waals surface area contributed by atoms with E-state index in [1.165, 1.54) is 0 Å². The van der Waals surface area contributed by atoms with Gasteiger partial charge in [0.25, 0.3) is 0 Å². The third-order valence-corrected chi connectivity index (χ3v) is 2.62. The van der Waals surface area contributed by atoms with Gasteiger partial charge in [-0.3, -0.25) is 0 Å². The molecular formula is C11H11NO2. The highest BCUT2D eigenvalue weighted by molar-refractivity contribution is 5.54. The normalized spacial score (nSPS) is 18.8. The van der Waals surface area contributed by atoms with Crippen molar-refractivity contribution in [3.05, 3.63) is 29.7 Å². The molecule has 3 heteroatoms. The summed E-state index contributed by atoms with van der Waals surface area (Å²) in [6.07, 6.45) is 7.06. The first kappa shape index (κ1) is 8.97. The number of isocyanates is 1. The van der Waals surface area contributed by atoms with E-state index in [1.54, 1.807) is 12.3 Å². The second kappa shape index (κ2) is 3.28. The number of aliphatic imine (C=N–C) groups is 1. The van der Waals surface area contributed by atoms with Gasteiger partial charge in [0.1, 0.15) is 5.76 Å². The molecule has 1 aliphatic rings. The van der Waals surface area contributed by atoms with Crippen molar-refractivity contribution in [1.29, 1.82) is 0 Å². The minimum absolute atomic E-state index is 0.269. The second-order valence-electron chi connectivity index (χ2n) is 3.58. The molecule has 14 heavy (non-hydrogen) atoms. The molecule has 0 bridgehead atoms. The molecule has 1 heterocycles. The monoisotopic (exact) mass is 189 g/mol. The number of rotatable bonds is 3. The van der Waals surface area contributed by atoms with Crippen LogP contribution in [0.5, 0.6) is 0 Å². The van der Waals surface area contributed by atoms with Crippen LogP contribution >= 0.6 is 0 Å². The Hall–Kier alpha value is -1.60. The molecule has 0 amide bonds. The summed E-state index contributed by atoms with van der Waals surface area (Å²) < 4.78 is 5.19. The molecule has 0 atom stereocenters. The molecule has 0 radical (unpaired) electrons. The summed E-state index contributed by atoms with van der Waals surface area (Å²) >= 11 is 0. The average Bonchev–Trinajstić information content (AvgIpc) is 2.77. The van der Waals surface area contributed by atoms with Crippen LogP contribution in [-0.2, 0) is 4.79 Å². The predicted molar refractivity (Wildman–Crippen MR) is 52.4 cm³/mol. The van der Waals surface area contributed by atoms with Crippen LogP contribution in [0, 0.1) is 0 Å². The smallest absolute Gasteiger partial charge is 0.235 e. The maximum atomic E-state index is 10.2. The molecule has 0 spiro atoms. The van der Waals surface area contributed by atoms with E-state index >= 15 is 0 Å². The summed E-state index contributed by atoms with van der Waals surface area (Å²) in [6, 6.07) is 3.71. The van der Waals surface area contributed by atoms with Gasteiger partial charge in [0.05, 0.1) is 11.8 Å². The van der Waals surface area contributed by atoms with E-state index in [0.29, 0.717) is 0 Å². The topological polar surface area (TPSA) is 42.6 Å². The van der Waals surface area contributed by atoms with Gasteiger partial charge in [0, 0.05) is 0 Å². The van der Waals surface area contributed by atoms with Crippen molar-refractivity contribution in [3.63, 3.8) is 0 Å². The Morgan fingerprint density at radius 1 is 1.71 bits per heavy atom. The Kier molecular flexibility index (Phi) is 2.10. The minimum Gasteiger partial charge on any atom is -0.465 e. The fraction of sp³-hybridized carbons (Fsp3) is 0.364. The zero-order valence-electron chi connectivity index (χ0n) is 7.99. The van der Waals surface area contributed by atoms with Crippen LogP contribution in [0.2, 0.25) is 0 Å². The lowest BCUT2D eigenvalue weighted by Gasteiger charge is -2.06. The fourth-order valence-corrected chi connectivity index (χ4v) is 1.52. The first-order valence-corrected chi connectivity index (χ1v) is 4.58. The van der Waals surface area contributed by atoms with Gasteiger partial charge >= 0.3 is 0 Å². The lowest BCUT2D eigenvalue weighted by molar-refractivity contribution is 0.553. The summed E-state index contributed by atoms with van der Waals surface area (Å²) in [5.41, 5.74) is 0.796. The van der Waals surface area contributed by atoms with E-state index in [4.69, 9.17) is 4.42 Å². The van der Waals surface area contributed by atoms with Crippen LogP contribution in [0.15, 0.2) is 33.4 Å². The second-order valence-corrected chi connectivity index (χ2v) is 3.58. The number of carbonyl (C=O) groups excluding carboxylic acids is 1. The predicted octanol–water partition coefficient (Wildman–Crippen LogP) is 2.55. The van der Waals surface area contributed by atoms with Gasteiger partial charge in [-0.2, -0.15) is 4.99 Å². The van der Waals surface area contributed by atoms with E-state index in [0.717, 1.165) is 24.2 Å². The van der Waals surface area contributed by atoms with Crippen molar-refractivity contribution in [1.82, 2.24) is 0 Å². The Morgan fingerprint density at radius 3 is 3.00 bits per heavy atom. The average molecular weight is 189 g/mol. The largest absolute Gasteiger partial charge is 0.465 e. The molecule has 1 aromatic heterocycles. The molecule has 0 N–H and O–H groups in total. The molecule has 0 unspecified atom stereocenters. The van der Waals surface area contributed by atoms with Gasteiger partial charge in [0.2, 0.25) is 6.08 Å². The van der Waals surface area contributed by atoms with Crippen LogP contribution in [0.1, 0.15) is 25.5 Å². The summed E-state index contributed by atoms with van der Waals surface area (Å²) in [7, 11) is 0. The number of furan rings is 1. The highest BCUT2D eigenvalue weighted by Gasteiger charge is 2.44. The molecule has 0 aliphatic heterocycles. The standard InChI is InChI=1S/C11H11NO2/c1-9(7-10-3-2-6-14-10)11(4-5-11)12-8-13/h2-3,6-7H,4-5H2,1H3/b9-7-. The maximum Gasteiger partial charge on any atom is 0.235 e. The lowest BCUT2D eigenvalue weighted by atomic mass is 10.1. The van der Waals surface area contributed by atoms with Crippen LogP contribution in [0.25, 0.3) is 6.08 Å². The first-order chi connectivity index (χ1) is 6.77. The summed E-state index contributed by atoms with van der Waals surface area (Å²) in [5, 5.41) is 0.